The van der Waals surface area contributed by atoms with Gasteiger partial charge in [0.2, 0.25) is 0 Å². The summed E-state index contributed by atoms with van der Waals surface area (Å²) in [6.45, 7) is 2.69. The van der Waals surface area contributed by atoms with E-state index in [0.29, 0.717) is 22.8 Å². The molecule has 2 aromatic carbocycles. The van der Waals surface area contributed by atoms with E-state index in [1.54, 1.807) is 6.07 Å². The molecule has 7 heteroatoms. The van der Waals surface area contributed by atoms with Crippen molar-refractivity contribution >= 4 is 11.6 Å². The molecule has 0 aliphatic carbocycles. The zero-order valence-corrected chi connectivity index (χ0v) is 17.0. The third-order valence-corrected chi connectivity index (χ3v) is 5.31. The van der Waals surface area contributed by atoms with Crippen LogP contribution in [-0.2, 0) is 24.2 Å². The van der Waals surface area contributed by atoms with E-state index in [1.165, 1.54) is 12.1 Å². The number of aryl methyl sites for hydroxylation is 2. The van der Waals surface area contributed by atoms with Gasteiger partial charge in [-0.2, -0.15) is 0 Å². The standard InChI is InChI=1S/C23H25FN4O2/c1-2-16-8-5-6-9-20(16)30-15-22(29)25-17-11-12-19(24)18(14-17)23-27-26-21-10-4-3-7-13-28(21)23/h5-6,8-9,11-12,14H,2-4,7,10,13,15H2,1H3,(H,25,29). The van der Waals surface area contributed by atoms with Gasteiger partial charge in [0.15, 0.2) is 12.4 Å². The fourth-order valence-electron chi connectivity index (χ4n) is 3.74. The number of hydrogen-bond acceptors (Lipinski definition) is 4. The van der Waals surface area contributed by atoms with Gasteiger partial charge in [-0.05, 0) is 49.1 Å². The molecule has 0 radical (unpaired) electrons. The van der Waals surface area contributed by atoms with Gasteiger partial charge in [0.05, 0.1) is 5.56 Å². The summed E-state index contributed by atoms with van der Waals surface area (Å²) in [6, 6.07) is 12.1. The molecule has 1 aromatic heterocycles. The molecule has 1 amide bonds. The van der Waals surface area contributed by atoms with Crippen LogP contribution in [0.4, 0.5) is 10.1 Å². The number of nitrogens with one attached hydrogen (secondary N) is 1. The molecule has 0 atom stereocenters. The van der Waals surface area contributed by atoms with Crippen LogP contribution < -0.4 is 10.1 Å². The van der Waals surface area contributed by atoms with Crippen LogP contribution >= 0.6 is 0 Å². The van der Waals surface area contributed by atoms with Crippen LogP contribution in [0.3, 0.4) is 0 Å². The maximum atomic E-state index is 14.6. The first-order chi connectivity index (χ1) is 14.7. The Bertz CT molecular complexity index is 1050. The van der Waals surface area contributed by atoms with Crippen LogP contribution in [0.25, 0.3) is 11.4 Å². The van der Waals surface area contributed by atoms with Crippen molar-refractivity contribution < 1.29 is 13.9 Å². The fourth-order valence-corrected chi connectivity index (χ4v) is 3.74. The molecule has 0 unspecified atom stereocenters. The molecular formula is C23H25FN4O2. The van der Waals surface area contributed by atoms with Gasteiger partial charge >= 0.3 is 0 Å². The normalized spacial score (nSPS) is 13.4. The predicted octanol–water partition coefficient (Wildman–Crippen LogP) is 4.39. The summed E-state index contributed by atoms with van der Waals surface area (Å²) < 4.78 is 22.2. The van der Waals surface area contributed by atoms with Crippen LogP contribution in [0.1, 0.15) is 37.6 Å². The van der Waals surface area contributed by atoms with E-state index in [4.69, 9.17) is 4.74 Å². The number of benzene rings is 2. The Kier molecular flexibility index (Phi) is 6.07. The highest BCUT2D eigenvalue weighted by atomic mass is 19.1. The molecule has 0 spiro atoms. The summed E-state index contributed by atoms with van der Waals surface area (Å²) in [5.74, 6) is 1.40. The number of aromatic nitrogens is 3. The summed E-state index contributed by atoms with van der Waals surface area (Å²) in [5, 5.41) is 11.2. The lowest BCUT2D eigenvalue weighted by Crippen LogP contribution is -2.20. The molecule has 0 saturated heterocycles. The minimum absolute atomic E-state index is 0.121. The zero-order chi connectivity index (χ0) is 20.9. The molecule has 30 heavy (non-hydrogen) atoms. The smallest absolute Gasteiger partial charge is 0.262 e. The Labute approximate surface area is 175 Å². The summed E-state index contributed by atoms with van der Waals surface area (Å²) in [5.41, 5.74) is 1.88. The number of nitrogens with zero attached hydrogens (tertiary/aromatic N) is 3. The Balaban J connectivity index is 1.48. The average molecular weight is 408 g/mol. The average Bonchev–Trinajstić information content (AvgIpc) is 3.01. The third kappa shape index (κ3) is 4.35. The van der Waals surface area contributed by atoms with E-state index in [2.05, 4.69) is 15.5 Å². The van der Waals surface area contributed by atoms with Crippen molar-refractivity contribution in [3.05, 3.63) is 59.7 Å². The number of fused-ring (bicyclic) bond motifs is 1. The second-order valence-corrected chi connectivity index (χ2v) is 7.39. The maximum Gasteiger partial charge on any atom is 0.262 e. The van der Waals surface area contributed by atoms with E-state index >= 15 is 0 Å². The first kappa shape index (κ1) is 20.1. The number of rotatable bonds is 6. The minimum Gasteiger partial charge on any atom is -0.483 e. The van der Waals surface area contributed by atoms with Gasteiger partial charge in [-0.25, -0.2) is 4.39 Å². The fraction of sp³-hybridized carbons (Fsp3) is 0.348. The number of carbonyl (C=O) groups is 1. The third-order valence-electron chi connectivity index (χ3n) is 5.31. The van der Waals surface area contributed by atoms with Gasteiger partial charge in [0.25, 0.3) is 5.91 Å². The number of anilines is 1. The van der Waals surface area contributed by atoms with Crippen molar-refractivity contribution in [3.8, 4) is 17.1 Å². The molecule has 1 N–H and O–H groups in total. The van der Waals surface area contributed by atoms with Crippen LogP contribution in [0.5, 0.6) is 5.75 Å². The van der Waals surface area contributed by atoms with E-state index in [-0.39, 0.29) is 18.3 Å². The first-order valence-corrected chi connectivity index (χ1v) is 10.4. The molecule has 0 saturated carbocycles. The lowest BCUT2D eigenvalue weighted by Gasteiger charge is -2.12. The highest BCUT2D eigenvalue weighted by Crippen LogP contribution is 2.27. The molecule has 2 heterocycles. The van der Waals surface area contributed by atoms with Crippen molar-refractivity contribution in [2.45, 2.75) is 45.6 Å². The molecule has 0 fully saturated rings. The second-order valence-electron chi connectivity index (χ2n) is 7.39. The van der Waals surface area contributed by atoms with Gasteiger partial charge < -0.3 is 14.6 Å². The summed E-state index contributed by atoms with van der Waals surface area (Å²) in [7, 11) is 0. The lowest BCUT2D eigenvalue weighted by molar-refractivity contribution is -0.118. The number of carbonyl (C=O) groups excluding carboxylic acids is 1. The summed E-state index contributed by atoms with van der Waals surface area (Å²) in [4.78, 5) is 12.4. The van der Waals surface area contributed by atoms with Gasteiger partial charge in [0, 0.05) is 18.7 Å². The molecule has 6 nitrogen and oxygen atoms in total. The number of amides is 1. The summed E-state index contributed by atoms with van der Waals surface area (Å²) in [6.07, 6.45) is 4.89. The van der Waals surface area contributed by atoms with E-state index in [9.17, 15) is 9.18 Å². The van der Waals surface area contributed by atoms with Crippen LogP contribution in [0.2, 0.25) is 0 Å². The van der Waals surface area contributed by atoms with E-state index in [0.717, 1.165) is 50.0 Å². The largest absolute Gasteiger partial charge is 0.483 e. The quantitative estimate of drug-likeness (QED) is 0.657. The molecule has 1 aliphatic rings. The van der Waals surface area contributed by atoms with Crippen molar-refractivity contribution in [1.29, 1.82) is 0 Å². The number of hydrogen-bond donors (Lipinski definition) is 1. The second kappa shape index (κ2) is 9.07. The minimum atomic E-state index is -0.388. The van der Waals surface area contributed by atoms with E-state index < -0.39 is 0 Å². The van der Waals surface area contributed by atoms with Crippen molar-refractivity contribution in [2.75, 3.05) is 11.9 Å². The molecule has 156 valence electrons. The Hall–Kier alpha value is -3.22. The molecule has 3 aromatic rings. The highest BCUT2D eigenvalue weighted by molar-refractivity contribution is 5.92. The number of ether oxygens (including phenoxy) is 1. The number of para-hydroxylation sites is 1. The topological polar surface area (TPSA) is 69.0 Å². The number of halogens is 1. The summed E-state index contributed by atoms with van der Waals surface area (Å²) >= 11 is 0. The first-order valence-electron chi connectivity index (χ1n) is 10.4. The molecule has 1 aliphatic heterocycles. The van der Waals surface area contributed by atoms with Crippen molar-refractivity contribution in [1.82, 2.24) is 14.8 Å². The lowest BCUT2D eigenvalue weighted by atomic mass is 10.1. The molecule has 0 bridgehead atoms. The highest BCUT2D eigenvalue weighted by Gasteiger charge is 2.19. The Morgan fingerprint density at radius 1 is 1.17 bits per heavy atom. The van der Waals surface area contributed by atoms with Gasteiger partial charge in [0.1, 0.15) is 17.4 Å². The Morgan fingerprint density at radius 2 is 2.03 bits per heavy atom. The van der Waals surface area contributed by atoms with Crippen molar-refractivity contribution in [3.63, 3.8) is 0 Å². The zero-order valence-electron chi connectivity index (χ0n) is 17.0. The monoisotopic (exact) mass is 408 g/mol. The SMILES string of the molecule is CCc1ccccc1OCC(=O)Nc1ccc(F)c(-c2nnc3n2CCCCC3)c1. The van der Waals surface area contributed by atoms with Gasteiger partial charge in [-0.3, -0.25) is 4.79 Å². The van der Waals surface area contributed by atoms with E-state index in [1.807, 2.05) is 35.8 Å². The van der Waals surface area contributed by atoms with Crippen molar-refractivity contribution in [2.24, 2.45) is 0 Å². The predicted molar refractivity (Wildman–Crippen MR) is 113 cm³/mol. The van der Waals surface area contributed by atoms with Crippen LogP contribution in [-0.4, -0.2) is 27.3 Å². The van der Waals surface area contributed by atoms with Crippen LogP contribution in [0, 0.1) is 5.82 Å². The molecule has 4 rings (SSSR count). The van der Waals surface area contributed by atoms with Crippen LogP contribution in [0.15, 0.2) is 42.5 Å². The molecular weight excluding hydrogens is 383 g/mol. The van der Waals surface area contributed by atoms with Gasteiger partial charge in [-0.1, -0.05) is 31.5 Å². The maximum absolute atomic E-state index is 14.6. The Morgan fingerprint density at radius 3 is 2.90 bits per heavy atom. The van der Waals surface area contributed by atoms with Gasteiger partial charge in [-0.15, -0.1) is 10.2 Å².